The van der Waals surface area contributed by atoms with Gasteiger partial charge in [-0.2, -0.15) is 0 Å². The molecule has 2 amide bonds. The number of Topliss-reactive ketones (excluding diaryl/α,β-unsaturated/α-hetero) is 1. The van der Waals surface area contributed by atoms with E-state index in [1.165, 1.54) is 36.1 Å². The topological polar surface area (TPSA) is 130 Å². The summed E-state index contributed by atoms with van der Waals surface area (Å²) in [7, 11) is 0. The van der Waals surface area contributed by atoms with Crippen molar-refractivity contribution in [2.75, 3.05) is 10.2 Å². The fraction of sp³-hybridized carbons (Fsp3) is 0.0800. The number of ketones is 1. The van der Waals surface area contributed by atoms with Crippen LogP contribution in [0.3, 0.4) is 0 Å². The fourth-order valence-electron chi connectivity index (χ4n) is 3.86. The van der Waals surface area contributed by atoms with Gasteiger partial charge in [-0.1, -0.05) is 28.1 Å². The number of non-ortho nitro benzene ring substituents is 1. The van der Waals surface area contributed by atoms with E-state index in [0.717, 1.165) is 4.47 Å². The number of nitrogens with one attached hydrogen (secondary N) is 1. The van der Waals surface area contributed by atoms with Crippen LogP contribution >= 0.6 is 15.9 Å². The van der Waals surface area contributed by atoms with Crippen LogP contribution in [0, 0.1) is 10.1 Å². The number of nitro benzene ring substituents is 1. The number of benzene rings is 3. The molecule has 176 valence electrons. The molecule has 0 bridgehead atoms. The number of nitro groups is 1. The molecule has 0 aliphatic carbocycles. The molecule has 35 heavy (non-hydrogen) atoms. The minimum Gasteiger partial charge on any atom is -0.507 e. The predicted molar refractivity (Wildman–Crippen MR) is 133 cm³/mol. The van der Waals surface area contributed by atoms with Crippen molar-refractivity contribution < 1.29 is 24.4 Å². The van der Waals surface area contributed by atoms with Crippen LogP contribution in [-0.2, 0) is 14.4 Å². The van der Waals surface area contributed by atoms with E-state index in [9.17, 15) is 29.6 Å². The lowest BCUT2D eigenvalue weighted by molar-refractivity contribution is -0.384. The maximum Gasteiger partial charge on any atom is 0.300 e. The molecule has 1 heterocycles. The van der Waals surface area contributed by atoms with Gasteiger partial charge in [-0.25, -0.2) is 0 Å². The number of aliphatic hydroxyl groups is 1. The average molecular weight is 536 g/mol. The van der Waals surface area contributed by atoms with E-state index in [0.29, 0.717) is 16.9 Å². The molecule has 1 saturated heterocycles. The summed E-state index contributed by atoms with van der Waals surface area (Å²) in [6, 6.07) is 17.4. The molecule has 4 rings (SSSR count). The van der Waals surface area contributed by atoms with E-state index in [-0.39, 0.29) is 22.7 Å². The van der Waals surface area contributed by atoms with Gasteiger partial charge in [0.05, 0.1) is 16.5 Å². The van der Waals surface area contributed by atoms with Gasteiger partial charge in [0.1, 0.15) is 5.76 Å². The Morgan fingerprint density at radius 3 is 2.14 bits per heavy atom. The second kappa shape index (κ2) is 9.51. The number of hydrogen-bond acceptors (Lipinski definition) is 6. The summed E-state index contributed by atoms with van der Waals surface area (Å²) in [6.07, 6.45) is 0. The van der Waals surface area contributed by atoms with Crippen molar-refractivity contribution in [2.45, 2.75) is 13.0 Å². The minimum atomic E-state index is -0.954. The molecule has 1 aliphatic heterocycles. The first-order chi connectivity index (χ1) is 16.7. The highest BCUT2D eigenvalue weighted by molar-refractivity contribution is 9.10. The van der Waals surface area contributed by atoms with Crippen LogP contribution in [0.4, 0.5) is 17.1 Å². The van der Waals surface area contributed by atoms with E-state index in [1.54, 1.807) is 48.5 Å². The van der Waals surface area contributed by atoms with Crippen LogP contribution in [0.1, 0.15) is 24.1 Å². The number of halogens is 1. The van der Waals surface area contributed by atoms with Gasteiger partial charge in [0.15, 0.2) is 0 Å². The first-order valence-corrected chi connectivity index (χ1v) is 11.2. The molecule has 1 fully saturated rings. The number of amides is 2. The summed E-state index contributed by atoms with van der Waals surface area (Å²) >= 11 is 3.37. The monoisotopic (exact) mass is 535 g/mol. The number of nitrogens with zero attached hydrogens (tertiary/aromatic N) is 2. The molecule has 0 radical (unpaired) electrons. The van der Waals surface area contributed by atoms with Crippen LogP contribution in [0.25, 0.3) is 5.76 Å². The molecule has 1 aliphatic rings. The standard InChI is InChI=1S/C25H18BrN3O6/c1-14(30)27-18-8-12-19(13-9-18)28-22(15-2-6-17(26)7-3-15)21(24(32)25(28)33)23(31)16-4-10-20(11-5-16)29(34)35/h2-13,22,31H,1H3,(H,27,30)/b23-21+/t22-/m0/s1. The van der Waals surface area contributed by atoms with E-state index in [1.807, 2.05) is 0 Å². The normalized spacial score (nSPS) is 16.9. The third kappa shape index (κ3) is 4.69. The van der Waals surface area contributed by atoms with Crippen LogP contribution in [-0.4, -0.2) is 27.6 Å². The fourth-order valence-corrected chi connectivity index (χ4v) is 4.13. The van der Waals surface area contributed by atoms with Crippen LogP contribution in [0.2, 0.25) is 0 Å². The lowest BCUT2D eigenvalue weighted by Gasteiger charge is -2.25. The number of rotatable bonds is 5. The Morgan fingerprint density at radius 2 is 1.60 bits per heavy atom. The highest BCUT2D eigenvalue weighted by atomic mass is 79.9. The average Bonchev–Trinajstić information content (AvgIpc) is 3.10. The molecule has 2 N–H and O–H groups in total. The molecule has 0 unspecified atom stereocenters. The summed E-state index contributed by atoms with van der Waals surface area (Å²) in [4.78, 5) is 49.3. The van der Waals surface area contributed by atoms with E-state index < -0.39 is 28.4 Å². The minimum absolute atomic E-state index is 0.142. The summed E-state index contributed by atoms with van der Waals surface area (Å²) in [5, 5.41) is 24.7. The van der Waals surface area contributed by atoms with Crippen molar-refractivity contribution in [3.63, 3.8) is 0 Å². The Bertz CT molecular complexity index is 1370. The van der Waals surface area contributed by atoms with Gasteiger partial charge in [-0.05, 0) is 54.1 Å². The van der Waals surface area contributed by atoms with Crippen LogP contribution in [0.15, 0.2) is 82.8 Å². The lowest BCUT2D eigenvalue weighted by Crippen LogP contribution is -2.29. The summed E-state index contributed by atoms with van der Waals surface area (Å²) in [6.45, 7) is 1.37. The molecule has 3 aromatic rings. The largest absolute Gasteiger partial charge is 0.507 e. The Labute approximate surface area is 208 Å². The maximum atomic E-state index is 13.2. The number of aliphatic hydroxyl groups excluding tert-OH is 1. The number of hydrogen-bond donors (Lipinski definition) is 2. The summed E-state index contributed by atoms with van der Waals surface area (Å²) in [5.41, 5.74) is 1.32. The first-order valence-electron chi connectivity index (χ1n) is 10.4. The van der Waals surface area contributed by atoms with Crippen molar-refractivity contribution >= 4 is 56.3 Å². The molecule has 3 aromatic carbocycles. The Kier molecular flexibility index (Phi) is 6.48. The van der Waals surface area contributed by atoms with Gasteiger partial charge in [-0.3, -0.25) is 29.4 Å². The van der Waals surface area contributed by atoms with Gasteiger partial charge >= 0.3 is 0 Å². The maximum absolute atomic E-state index is 13.2. The van der Waals surface area contributed by atoms with Gasteiger partial charge < -0.3 is 10.4 Å². The van der Waals surface area contributed by atoms with Crippen LogP contribution < -0.4 is 10.2 Å². The quantitative estimate of drug-likeness (QED) is 0.156. The second-order valence-electron chi connectivity index (χ2n) is 7.75. The summed E-state index contributed by atoms with van der Waals surface area (Å²) < 4.78 is 0.785. The zero-order valence-electron chi connectivity index (χ0n) is 18.3. The van der Waals surface area contributed by atoms with Gasteiger partial charge in [0.25, 0.3) is 17.4 Å². The molecule has 0 saturated carbocycles. The zero-order valence-corrected chi connectivity index (χ0v) is 19.9. The second-order valence-corrected chi connectivity index (χ2v) is 8.67. The molecule has 0 spiro atoms. The lowest BCUT2D eigenvalue weighted by atomic mass is 9.95. The van der Waals surface area contributed by atoms with Crippen LogP contribution in [0.5, 0.6) is 0 Å². The Hall–Kier alpha value is -4.31. The van der Waals surface area contributed by atoms with E-state index in [4.69, 9.17) is 0 Å². The van der Waals surface area contributed by atoms with Crippen molar-refractivity contribution in [2.24, 2.45) is 0 Å². The summed E-state index contributed by atoms with van der Waals surface area (Å²) in [5.74, 6) is -2.42. The predicted octanol–water partition coefficient (Wildman–Crippen LogP) is 4.94. The van der Waals surface area contributed by atoms with E-state index >= 15 is 0 Å². The van der Waals surface area contributed by atoms with E-state index in [2.05, 4.69) is 21.2 Å². The number of anilines is 2. The highest BCUT2D eigenvalue weighted by Gasteiger charge is 2.47. The Morgan fingerprint density at radius 1 is 1.00 bits per heavy atom. The SMILES string of the molecule is CC(=O)Nc1ccc(N2C(=O)C(=O)/C(=C(/O)c3ccc([N+](=O)[O-])cc3)[C@@H]2c2ccc(Br)cc2)cc1. The Balaban J connectivity index is 1.85. The van der Waals surface area contributed by atoms with Crippen molar-refractivity contribution in [3.8, 4) is 0 Å². The number of carbonyl (C=O) groups is 3. The molecule has 1 atom stereocenters. The first kappa shape index (κ1) is 23.8. The molecule has 0 aromatic heterocycles. The third-order valence-corrected chi connectivity index (χ3v) is 5.98. The van der Waals surface area contributed by atoms with Crippen molar-refractivity contribution in [3.05, 3.63) is 104 Å². The molecular weight excluding hydrogens is 518 g/mol. The smallest absolute Gasteiger partial charge is 0.300 e. The number of carbonyl (C=O) groups excluding carboxylic acids is 3. The third-order valence-electron chi connectivity index (χ3n) is 5.45. The molecule has 9 nitrogen and oxygen atoms in total. The zero-order chi connectivity index (χ0) is 25.3. The van der Waals surface area contributed by atoms with Gasteiger partial charge in [0, 0.05) is 40.5 Å². The van der Waals surface area contributed by atoms with Gasteiger partial charge in [0.2, 0.25) is 5.91 Å². The van der Waals surface area contributed by atoms with Gasteiger partial charge in [-0.15, -0.1) is 0 Å². The van der Waals surface area contributed by atoms with Crippen molar-refractivity contribution in [1.82, 2.24) is 0 Å². The van der Waals surface area contributed by atoms with Crippen molar-refractivity contribution in [1.29, 1.82) is 0 Å². The molecule has 10 heteroatoms. The molecular formula is C25H18BrN3O6. The highest BCUT2D eigenvalue weighted by Crippen LogP contribution is 2.42.